The normalized spacial score (nSPS) is 23.2. The minimum atomic E-state index is 0.140. The number of rotatable bonds is 6. The molecule has 6 nitrogen and oxygen atoms in total. The molecule has 3 rings (SSSR count). The van der Waals surface area contributed by atoms with E-state index in [2.05, 4.69) is 31.9 Å². The van der Waals surface area contributed by atoms with Crippen molar-refractivity contribution in [2.75, 3.05) is 26.2 Å². The molecule has 21 heavy (non-hydrogen) atoms. The molecule has 0 bridgehead atoms. The molecule has 116 valence electrons. The van der Waals surface area contributed by atoms with Crippen molar-refractivity contribution in [1.82, 2.24) is 25.0 Å². The molecule has 2 fully saturated rings. The first kappa shape index (κ1) is 14.5. The Balaban J connectivity index is 1.57. The lowest BCUT2D eigenvalue weighted by molar-refractivity contribution is -0.122. The molecule has 1 amide bonds. The van der Waals surface area contributed by atoms with Gasteiger partial charge >= 0.3 is 0 Å². The summed E-state index contributed by atoms with van der Waals surface area (Å²) in [6.07, 6.45) is 7.64. The summed E-state index contributed by atoms with van der Waals surface area (Å²) >= 11 is 0. The van der Waals surface area contributed by atoms with Crippen molar-refractivity contribution in [3.05, 3.63) is 12.2 Å². The van der Waals surface area contributed by atoms with Gasteiger partial charge < -0.3 is 9.88 Å². The Bertz CT molecular complexity index is 482. The Morgan fingerprint density at radius 2 is 2.29 bits per heavy atom. The van der Waals surface area contributed by atoms with E-state index in [9.17, 15) is 4.79 Å². The lowest BCUT2D eigenvalue weighted by atomic mass is 9.97. The van der Waals surface area contributed by atoms with Gasteiger partial charge in [-0.2, -0.15) is 0 Å². The van der Waals surface area contributed by atoms with Crippen LogP contribution in [0.4, 0.5) is 0 Å². The lowest BCUT2D eigenvalue weighted by Crippen LogP contribution is -2.42. The van der Waals surface area contributed by atoms with Crippen LogP contribution >= 0.6 is 0 Å². The van der Waals surface area contributed by atoms with Crippen molar-refractivity contribution in [3.63, 3.8) is 0 Å². The molecule has 1 aliphatic carbocycles. The molecule has 1 aliphatic heterocycles. The van der Waals surface area contributed by atoms with E-state index in [0.29, 0.717) is 18.5 Å². The van der Waals surface area contributed by atoms with Crippen molar-refractivity contribution in [1.29, 1.82) is 0 Å². The summed E-state index contributed by atoms with van der Waals surface area (Å²) in [5, 5.41) is 11.4. The smallest absolute Gasteiger partial charge is 0.234 e. The Kier molecular flexibility index (Phi) is 4.53. The number of nitrogens with one attached hydrogen (secondary N) is 1. The van der Waals surface area contributed by atoms with Gasteiger partial charge in [0.25, 0.3) is 0 Å². The fraction of sp³-hybridized carbons (Fsp3) is 0.800. The number of piperidine rings is 1. The van der Waals surface area contributed by atoms with Crippen LogP contribution in [0.3, 0.4) is 0 Å². The van der Waals surface area contributed by atoms with Crippen molar-refractivity contribution >= 4 is 5.91 Å². The van der Waals surface area contributed by atoms with Crippen LogP contribution in [0.1, 0.15) is 56.8 Å². The molecule has 2 heterocycles. The maximum atomic E-state index is 11.9. The zero-order chi connectivity index (χ0) is 14.7. The SMILES string of the molecule is CCCNC(=O)CN1CCCC(c2nncn2C2CC2)C1. The molecular weight excluding hydrogens is 266 g/mol. The van der Waals surface area contributed by atoms with Gasteiger partial charge in [-0.15, -0.1) is 10.2 Å². The first-order valence-corrected chi connectivity index (χ1v) is 8.16. The van der Waals surface area contributed by atoms with E-state index in [0.717, 1.165) is 44.7 Å². The number of hydrogen-bond acceptors (Lipinski definition) is 4. The molecule has 1 atom stereocenters. The van der Waals surface area contributed by atoms with Crippen LogP contribution in [0.25, 0.3) is 0 Å². The number of aromatic nitrogens is 3. The number of likely N-dealkylation sites (tertiary alicyclic amines) is 1. The second-order valence-corrected chi connectivity index (χ2v) is 6.25. The average molecular weight is 291 g/mol. The van der Waals surface area contributed by atoms with Gasteiger partial charge in [-0.25, -0.2) is 0 Å². The van der Waals surface area contributed by atoms with Crippen LogP contribution in [0, 0.1) is 0 Å². The zero-order valence-corrected chi connectivity index (χ0v) is 12.8. The van der Waals surface area contributed by atoms with Gasteiger partial charge in [0.1, 0.15) is 12.2 Å². The molecular formula is C15H25N5O. The largest absolute Gasteiger partial charge is 0.355 e. The summed E-state index contributed by atoms with van der Waals surface area (Å²) in [4.78, 5) is 14.1. The Labute approximate surface area is 125 Å². The predicted octanol–water partition coefficient (Wildman–Crippen LogP) is 1.32. The van der Waals surface area contributed by atoms with E-state index in [4.69, 9.17) is 0 Å². The summed E-state index contributed by atoms with van der Waals surface area (Å²) < 4.78 is 2.26. The third-order valence-corrected chi connectivity index (χ3v) is 4.35. The van der Waals surface area contributed by atoms with Gasteiger partial charge in [-0.3, -0.25) is 9.69 Å². The average Bonchev–Trinajstić information content (AvgIpc) is 3.22. The van der Waals surface area contributed by atoms with E-state index in [1.165, 1.54) is 12.8 Å². The molecule has 1 saturated heterocycles. The maximum absolute atomic E-state index is 11.9. The van der Waals surface area contributed by atoms with Gasteiger partial charge in [-0.1, -0.05) is 6.92 Å². The minimum absolute atomic E-state index is 0.140. The molecule has 0 spiro atoms. The molecule has 2 aliphatic rings. The Hall–Kier alpha value is -1.43. The van der Waals surface area contributed by atoms with Crippen LogP contribution in [-0.2, 0) is 4.79 Å². The summed E-state index contributed by atoms with van der Waals surface area (Å²) in [7, 11) is 0. The van der Waals surface area contributed by atoms with Crippen LogP contribution < -0.4 is 5.32 Å². The lowest BCUT2D eigenvalue weighted by Gasteiger charge is -2.31. The first-order chi connectivity index (χ1) is 10.3. The van der Waals surface area contributed by atoms with E-state index < -0.39 is 0 Å². The topological polar surface area (TPSA) is 63.1 Å². The van der Waals surface area contributed by atoms with Gasteiger partial charge in [-0.05, 0) is 38.6 Å². The van der Waals surface area contributed by atoms with Crippen LogP contribution in [-0.4, -0.2) is 51.8 Å². The highest BCUT2D eigenvalue weighted by Gasteiger charge is 2.31. The highest BCUT2D eigenvalue weighted by Crippen LogP contribution is 2.37. The third kappa shape index (κ3) is 3.61. The summed E-state index contributed by atoms with van der Waals surface area (Å²) in [5.74, 6) is 1.68. The second-order valence-electron chi connectivity index (χ2n) is 6.25. The standard InChI is InChI=1S/C15H25N5O/c1-2-7-16-14(21)10-19-8-3-4-12(9-19)15-18-17-11-20(15)13-5-6-13/h11-13H,2-10H2,1H3,(H,16,21). The second kappa shape index (κ2) is 6.56. The maximum Gasteiger partial charge on any atom is 0.234 e. The van der Waals surface area contributed by atoms with E-state index in [1.54, 1.807) is 0 Å². The van der Waals surface area contributed by atoms with E-state index in [1.807, 2.05) is 6.33 Å². The fourth-order valence-corrected chi connectivity index (χ4v) is 3.11. The Morgan fingerprint density at radius 3 is 3.05 bits per heavy atom. The van der Waals surface area contributed by atoms with Crippen LogP contribution in [0.5, 0.6) is 0 Å². The molecule has 1 aromatic heterocycles. The van der Waals surface area contributed by atoms with Crippen molar-refractivity contribution in [3.8, 4) is 0 Å². The first-order valence-electron chi connectivity index (χ1n) is 8.16. The van der Waals surface area contributed by atoms with E-state index in [-0.39, 0.29) is 5.91 Å². The highest BCUT2D eigenvalue weighted by atomic mass is 16.2. The van der Waals surface area contributed by atoms with E-state index >= 15 is 0 Å². The zero-order valence-electron chi connectivity index (χ0n) is 12.8. The summed E-state index contributed by atoms with van der Waals surface area (Å²) in [6, 6.07) is 0.623. The summed E-state index contributed by atoms with van der Waals surface area (Å²) in [5.41, 5.74) is 0. The van der Waals surface area contributed by atoms with Gasteiger partial charge in [0.2, 0.25) is 5.91 Å². The third-order valence-electron chi connectivity index (χ3n) is 4.35. The number of hydrogen-bond donors (Lipinski definition) is 1. The van der Waals surface area contributed by atoms with Gasteiger partial charge in [0.05, 0.1) is 6.54 Å². The van der Waals surface area contributed by atoms with Gasteiger partial charge in [0.15, 0.2) is 0 Å². The molecule has 6 heteroatoms. The monoisotopic (exact) mass is 291 g/mol. The number of carbonyl (C=O) groups excluding carboxylic acids is 1. The molecule has 1 N–H and O–H groups in total. The quantitative estimate of drug-likeness (QED) is 0.858. The number of amides is 1. The Morgan fingerprint density at radius 1 is 1.43 bits per heavy atom. The van der Waals surface area contributed by atoms with Gasteiger partial charge in [0, 0.05) is 25.0 Å². The summed E-state index contributed by atoms with van der Waals surface area (Å²) in [6.45, 7) is 5.28. The molecule has 1 saturated carbocycles. The number of carbonyl (C=O) groups is 1. The minimum Gasteiger partial charge on any atom is -0.355 e. The van der Waals surface area contributed by atoms with Crippen molar-refractivity contribution in [2.45, 2.75) is 51.0 Å². The highest BCUT2D eigenvalue weighted by molar-refractivity contribution is 5.77. The molecule has 1 aromatic rings. The predicted molar refractivity (Wildman–Crippen MR) is 80.0 cm³/mol. The van der Waals surface area contributed by atoms with Crippen LogP contribution in [0.2, 0.25) is 0 Å². The molecule has 0 radical (unpaired) electrons. The van der Waals surface area contributed by atoms with Crippen molar-refractivity contribution < 1.29 is 4.79 Å². The number of nitrogens with zero attached hydrogens (tertiary/aromatic N) is 4. The molecule has 0 aromatic carbocycles. The fourth-order valence-electron chi connectivity index (χ4n) is 3.11. The van der Waals surface area contributed by atoms with Crippen LogP contribution in [0.15, 0.2) is 6.33 Å². The van der Waals surface area contributed by atoms with Crippen molar-refractivity contribution in [2.24, 2.45) is 0 Å². The molecule has 1 unspecified atom stereocenters.